The van der Waals surface area contributed by atoms with E-state index >= 15 is 0 Å². The maximum absolute atomic E-state index is 9.87. The summed E-state index contributed by atoms with van der Waals surface area (Å²) in [5, 5.41) is 9.87. The second-order valence-corrected chi connectivity index (χ2v) is 5.72. The molecule has 2 fully saturated rings. The maximum Gasteiger partial charge on any atom is 0.133 e. The first-order chi connectivity index (χ1) is 9.17. The van der Waals surface area contributed by atoms with Crippen LogP contribution in [0.15, 0.2) is 6.07 Å². The van der Waals surface area contributed by atoms with E-state index in [0.29, 0.717) is 18.6 Å². The third kappa shape index (κ3) is 2.44. The van der Waals surface area contributed by atoms with Crippen molar-refractivity contribution in [1.82, 2.24) is 9.97 Å². The summed E-state index contributed by atoms with van der Waals surface area (Å²) >= 11 is 0. The second kappa shape index (κ2) is 5.06. The van der Waals surface area contributed by atoms with Gasteiger partial charge in [0.05, 0.1) is 6.10 Å². The van der Waals surface area contributed by atoms with Crippen molar-refractivity contribution in [2.75, 3.05) is 11.4 Å². The first-order valence-electron chi connectivity index (χ1n) is 7.18. The van der Waals surface area contributed by atoms with Gasteiger partial charge in [-0.3, -0.25) is 0 Å². The molecule has 5 nitrogen and oxygen atoms in total. The minimum atomic E-state index is -0.139. The van der Waals surface area contributed by atoms with E-state index in [-0.39, 0.29) is 6.10 Å². The number of fused-ring (bicyclic) bond motifs is 2. The third-order valence-electron chi connectivity index (χ3n) is 4.25. The zero-order valence-corrected chi connectivity index (χ0v) is 11.4. The van der Waals surface area contributed by atoms with Crippen LogP contribution in [0.4, 0.5) is 5.82 Å². The number of hydrogen-bond acceptors (Lipinski definition) is 5. The SMILES string of the molecule is Cc1nc(CCN)cc(N2[C@@H]3CC[C@H]2CC(O)C3)n1. The summed E-state index contributed by atoms with van der Waals surface area (Å²) in [6, 6.07) is 2.95. The molecule has 0 aliphatic carbocycles. The fourth-order valence-corrected chi connectivity index (χ4v) is 3.54. The second-order valence-electron chi connectivity index (χ2n) is 5.72. The smallest absolute Gasteiger partial charge is 0.133 e. The van der Waals surface area contributed by atoms with Crippen molar-refractivity contribution in [3.8, 4) is 0 Å². The Morgan fingerprint density at radius 1 is 1.32 bits per heavy atom. The van der Waals surface area contributed by atoms with Gasteiger partial charge in [0.25, 0.3) is 0 Å². The predicted octanol–water partition coefficient (Wildman–Crippen LogP) is 0.778. The summed E-state index contributed by atoms with van der Waals surface area (Å²) in [7, 11) is 0. The quantitative estimate of drug-likeness (QED) is 0.842. The van der Waals surface area contributed by atoms with Gasteiger partial charge in [-0.1, -0.05) is 0 Å². The van der Waals surface area contributed by atoms with Gasteiger partial charge in [0.15, 0.2) is 0 Å². The van der Waals surface area contributed by atoms with Gasteiger partial charge < -0.3 is 15.7 Å². The lowest BCUT2D eigenvalue weighted by atomic mass is 10.00. The van der Waals surface area contributed by atoms with Crippen LogP contribution in [-0.2, 0) is 6.42 Å². The molecule has 2 aliphatic rings. The van der Waals surface area contributed by atoms with Gasteiger partial charge >= 0.3 is 0 Å². The minimum absolute atomic E-state index is 0.139. The number of aliphatic hydroxyl groups is 1. The van der Waals surface area contributed by atoms with Crippen LogP contribution >= 0.6 is 0 Å². The summed E-state index contributed by atoms with van der Waals surface area (Å²) in [5.74, 6) is 1.84. The summed E-state index contributed by atoms with van der Waals surface area (Å²) in [5.41, 5.74) is 6.64. The van der Waals surface area contributed by atoms with E-state index in [0.717, 1.165) is 49.4 Å². The molecule has 3 heterocycles. The number of aryl methyl sites for hydroxylation is 1. The number of piperidine rings is 1. The Hall–Kier alpha value is -1.20. The summed E-state index contributed by atoms with van der Waals surface area (Å²) in [6.07, 6.45) is 4.72. The van der Waals surface area contributed by atoms with E-state index in [4.69, 9.17) is 5.73 Å². The van der Waals surface area contributed by atoms with E-state index in [1.807, 2.05) is 6.92 Å². The molecule has 2 bridgehead atoms. The number of aromatic nitrogens is 2. The van der Waals surface area contributed by atoms with E-state index in [1.165, 1.54) is 0 Å². The van der Waals surface area contributed by atoms with Gasteiger partial charge in [0.2, 0.25) is 0 Å². The van der Waals surface area contributed by atoms with Crippen molar-refractivity contribution in [3.63, 3.8) is 0 Å². The molecule has 3 N–H and O–H groups in total. The van der Waals surface area contributed by atoms with Crippen LogP contribution < -0.4 is 10.6 Å². The van der Waals surface area contributed by atoms with E-state index < -0.39 is 0 Å². The minimum Gasteiger partial charge on any atom is -0.393 e. The average molecular weight is 262 g/mol. The number of rotatable bonds is 3. The molecule has 0 amide bonds. The summed E-state index contributed by atoms with van der Waals surface area (Å²) in [4.78, 5) is 11.4. The van der Waals surface area contributed by atoms with Gasteiger partial charge in [-0.2, -0.15) is 0 Å². The summed E-state index contributed by atoms with van der Waals surface area (Å²) < 4.78 is 0. The van der Waals surface area contributed by atoms with Crippen LogP contribution in [0.25, 0.3) is 0 Å². The maximum atomic E-state index is 9.87. The zero-order chi connectivity index (χ0) is 13.4. The number of aliphatic hydroxyl groups excluding tert-OH is 1. The summed E-state index contributed by atoms with van der Waals surface area (Å²) in [6.45, 7) is 2.55. The third-order valence-corrected chi connectivity index (χ3v) is 4.25. The lowest BCUT2D eigenvalue weighted by molar-refractivity contribution is 0.126. The molecular weight excluding hydrogens is 240 g/mol. The fraction of sp³-hybridized carbons (Fsp3) is 0.714. The van der Waals surface area contributed by atoms with Gasteiger partial charge in [-0.25, -0.2) is 9.97 Å². The highest BCUT2D eigenvalue weighted by Crippen LogP contribution is 2.38. The Morgan fingerprint density at radius 3 is 2.63 bits per heavy atom. The van der Waals surface area contributed by atoms with Crippen LogP contribution in [0.1, 0.15) is 37.2 Å². The van der Waals surface area contributed by atoms with E-state index in [2.05, 4.69) is 20.9 Å². The molecule has 0 aromatic carbocycles. The molecule has 0 saturated carbocycles. The molecule has 3 rings (SSSR count). The van der Waals surface area contributed by atoms with E-state index in [1.54, 1.807) is 0 Å². The zero-order valence-electron chi connectivity index (χ0n) is 11.4. The molecule has 104 valence electrons. The Labute approximate surface area is 113 Å². The Kier molecular flexibility index (Phi) is 3.41. The molecule has 19 heavy (non-hydrogen) atoms. The molecule has 2 saturated heterocycles. The first-order valence-corrected chi connectivity index (χ1v) is 7.18. The van der Waals surface area contributed by atoms with Crippen molar-refractivity contribution in [2.45, 2.75) is 57.2 Å². The topological polar surface area (TPSA) is 75.3 Å². The van der Waals surface area contributed by atoms with Crippen molar-refractivity contribution in [3.05, 3.63) is 17.6 Å². The standard InChI is InChI=1S/C14H22N4O/c1-9-16-10(4-5-15)6-14(17-9)18-11-2-3-12(18)8-13(19)7-11/h6,11-13,19H,2-5,7-8,15H2,1H3/t11-,12+,13?. The predicted molar refractivity (Wildman–Crippen MR) is 74.1 cm³/mol. The molecule has 3 atom stereocenters. The average Bonchev–Trinajstić information content (AvgIpc) is 2.61. The lowest BCUT2D eigenvalue weighted by Gasteiger charge is -2.38. The molecule has 1 aromatic heterocycles. The van der Waals surface area contributed by atoms with Gasteiger partial charge in [0, 0.05) is 30.3 Å². The largest absolute Gasteiger partial charge is 0.393 e. The highest BCUT2D eigenvalue weighted by atomic mass is 16.3. The van der Waals surface area contributed by atoms with E-state index in [9.17, 15) is 5.11 Å². The monoisotopic (exact) mass is 262 g/mol. The number of anilines is 1. The lowest BCUT2D eigenvalue weighted by Crippen LogP contribution is -2.45. The Morgan fingerprint density at radius 2 is 2.00 bits per heavy atom. The van der Waals surface area contributed by atoms with Crippen LogP contribution in [0.3, 0.4) is 0 Å². The Balaban J connectivity index is 1.90. The highest BCUT2D eigenvalue weighted by molar-refractivity contribution is 5.45. The van der Waals surface area contributed by atoms with Crippen molar-refractivity contribution in [2.24, 2.45) is 5.73 Å². The highest BCUT2D eigenvalue weighted by Gasteiger charge is 2.40. The molecular formula is C14H22N4O. The first kappa shape index (κ1) is 12.8. The normalized spacial score (nSPS) is 29.8. The van der Waals surface area contributed by atoms with Crippen LogP contribution in [0, 0.1) is 6.92 Å². The molecule has 5 heteroatoms. The molecule has 0 spiro atoms. The van der Waals surface area contributed by atoms with Crippen molar-refractivity contribution < 1.29 is 5.11 Å². The Bertz CT molecular complexity index is 451. The molecule has 1 unspecified atom stereocenters. The van der Waals surface area contributed by atoms with Crippen LogP contribution in [-0.4, -0.2) is 39.8 Å². The number of nitrogens with two attached hydrogens (primary N) is 1. The van der Waals surface area contributed by atoms with Gasteiger partial charge in [-0.15, -0.1) is 0 Å². The van der Waals surface area contributed by atoms with Crippen LogP contribution in [0.2, 0.25) is 0 Å². The molecule has 0 radical (unpaired) electrons. The number of hydrogen-bond donors (Lipinski definition) is 2. The van der Waals surface area contributed by atoms with Gasteiger partial charge in [-0.05, 0) is 39.2 Å². The van der Waals surface area contributed by atoms with Crippen molar-refractivity contribution >= 4 is 5.82 Å². The van der Waals surface area contributed by atoms with Crippen molar-refractivity contribution in [1.29, 1.82) is 0 Å². The van der Waals surface area contributed by atoms with Crippen LogP contribution in [0.5, 0.6) is 0 Å². The van der Waals surface area contributed by atoms with Gasteiger partial charge in [0.1, 0.15) is 11.6 Å². The number of nitrogens with zero attached hydrogens (tertiary/aromatic N) is 3. The molecule has 1 aromatic rings. The fourth-order valence-electron chi connectivity index (χ4n) is 3.54. The molecule has 2 aliphatic heterocycles.